The molecule has 0 N–H and O–H groups in total. The first-order valence-corrected chi connectivity index (χ1v) is 13.8. The first kappa shape index (κ1) is 24.1. The van der Waals surface area contributed by atoms with E-state index in [0.717, 1.165) is 74.0 Å². The third kappa shape index (κ3) is 5.31. The van der Waals surface area contributed by atoms with Gasteiger partial charge in [0, 0.05) is 43.2 Å². The van der Waals surface area contributed by atoms with E-state index in [4.69, 9.17) is 4.98 Å². The largest absolute Gasteiger partial charge is 0.302 e. The Bertz CT molecular complexity index is 1230. The Morgan fingerprint density at radius 1 is 0.886 bits per heavy atom. The van der Waals surface area contributed by atoms with Crippen molar-refractivity contribution >= 4 is 17.3 Å². The Labute approximate surface area is 213 Å². The molecule has 3 heterocycles. The van der Waals surface area contributed by atoms with Gasteiger partial charge in [-0.2, -0.15) is 0 Å². The van der Waals surface area contributed by atoms with Gasteiger partial charge in [-0.3, -0.25) is 9.36 Å². The third-order valence-electron chi connectivity index (χ3n) is 7.36. The predicted molar refractivity (Wildman–Crippen MR) is 146 cm³/mol. The standard InChI is InChI=1S/C30H35N3OS/c1-21-5-9-24(10-6-21)28(25-11-7-22(2)8-12-25)26-13-17-32(18-14-26)19-15-27-23(3)31-30-33(29(27)34)16-4-20-35-30/h5-12H,4,13-20H2,1-3H3. The zero-order chi connectivity index (χ0) is 24.4. The van der Waals surface area contributed by atoms with Crippen molar-refractivity contribution in [2.45, 2.75) is 58.2 Å². The predicted octanol–water partition coefficient (Wildman–Crippen LogP) is 5.80. The molecule has 182 valence electrons. The topological polar surface area (TPSA) is 38.1 Å². The van der Waals surface area contributed by atoms with Gasteiger partial charge < -0.3 is 4.90 Å². The van der Waals surface area contributed by atoms with E-state index in [9.17, 15) is 4.79 Å². The van der Waals surface area contributed by atoms with Gasteiger partial charge in [-0.25, -0.2) is 4.98 Å². The van der Waals surface area contributed by atoms with Crippen molar-refractivity contribution in [3.63, 3.8) is 0 Å². The highest BCUT2D eigenvalue weighted by molar-refractivity contribution is 7.99. The molecule has 2 aromatic carbocycles. The first-order valence-electron chi connectivity index (χ1n) is 12.8. The Hall–Kier alpha value is -2.63. The van der Waals surface area contributed by atoms with E-state index in [0.29, 0.717) is 0 Å². The summed E-state index contributed by atoms with van der Waals surface area (Å²) in [6.07, 6.45) is 3.96. The van der Waals surface area contributed by atoms with E-state index in [2.05, 4.69) is 67.3 Å². The van der Waals surface area contributed by atoms with Gasteiger partial charge in [0.2, 0.25) is 0 Å². The molecule has 1 aromatic heterocycles. The minimum absolute atomic E-state index is 0.179. The quantitative estimate of drug-likeness (QED) is 0.428. The zero-order valence-corrected chi connectivity index (χ0v) is 22.0. The molecular formula is C30H35N3OS. The van der Waals surface area contributed by atoms with Crippen LogP contribution in [0.15, 0.2) is 64.1 Å². The Morgan fingerprint density at radius 3 is 2.09 bits per heavy atom. The zero-order valence-electron chi connectivity index (χ0n) is 21.1. The average Bonchev–Trinajstić information content (AvgIpc) is 2.87. The number of aryl methyl sites for hydroxylation is 3. The summed E-state index contributed by atoms with van der Waals surface area (Å²) in [4.78, 5) is 20.4. The van der Waals surface area contributed by atoms with Gasteiger partial charge >= 0.3 is 0 Å². The third-order valence-corrected chi connectivity index (χ3v) is 8.43. The second-order valence-electron chi connectivity index (χ2n) is 9.92. The second-order valence-corrected chi connectivity index (χ2v) is 11.0. The maximum atomic E-state index is 13.1. The number of nitrogens with zero attached hydrogens (tertiary/aromatic N) is 3. The highest BCUT2D eigenvalue weighted by Crippen LogP contribution is 2.33. The van der Waals surface area contributed by atoms with Crippen molar-refractivity contribution in [3.05, 3.63) is 98.0 Å². The minimum Gasteiger partial charge on any atom is -0.302 e. The van der Waals surface area contributed by atoms with Crippen molar-refractivity contribution in [2.75, 3.05) is 25.4 Å². The molecule has 0 aliphatic carbocycles. The molecule has 4 nitrogen and oxygen atoms in total. The molecule has 35 heavy (non-hydrogen) atoms. The van der Waals surface area contributed by atoms with Crippen molar-refractivity contribution in [1.82, 2.24) is 14.5 Å². The lowest BCUT2D eigenvalue weighted by Gasteiger charge is -2.30. The number of rotatable bonds is 5. The summed E-state index contributed by atoms with van der Waals surface area (Å²) in [5, 5.41) is 0.898. The second kappa shape index (κ2) is 10.5. The van der Waals surface area contributed by atoms with Gasteiger partial charge in [-0.05, 0) is 63.2 Å². The van der Waals surface area contributed by atoms with E-state index in [1.807, 2.05) is 11.5 Å². The van der Waals surface area contributed by atoms with Crippen molar-refractivity contribution in [2.24, 2.45) is 0 Å². The number of hydrogen-bond donors (Lipinski definition) is 0. The maximum Gasteiger partial charge on any atom is 0.257 e. The SMILES string of the molecule is Cc1ccc(C(=C2CCN(CCc3c(C)nc4n(c3=O)CCCS4)CC2)c2ccc(C)cc2)cc1. The Morgan fingerprint density at radius 2 is 1.49 bits per heavy atom. The van der Waals surface area contributed by atoms with Crippen LogP contribution >= 0.6 is 11.8 Å². The van der Waals surface area contributed by atoms with Crippen molar-refractivity contribution in [3.8, 4) is 0 Å². The molecule has 0 amide bonds. The van der Waals surface area contributed by atoms with E-state index in [-0.39, 0.29) is 5.56 Å². The molecule has 0 radical (unpaired) electrons. The van der Waals surface area contributed by atoms with Gasteiger partial charge in [-0.15, -0.1) is 0 Å². The molecule has 0 bridgehead atoms. The Balaban J connectivity index is 1.33. The molecule has 5 heteroatoms. The molecule has 1 fully saturated rings. The van der Waals surface area contributed by atoms with Crippen LogP contribution in [0.1, 0.15) is 52.8 Å². The van der Waals surface area contributed by atoms with Gasteiger partial charge in [0.15, 0.2) is 5.16 Å². The van der Waals surface area contributed by atoms with Crippen LogP contribution in [0.25, 0.3) is 5.57 Å². The molecule has 3 aromatic rings. The van der Waals surface area contributed by atoms with Crippen LogP contribution in [-0.2, 0) is 13.0 Å². The van der Waals surface area contributed by atoms with Crippen LogP contribution in [0.4, 0.5) is 0 Å². The summed E-state index contributed by atoms with van der Waals surface area (Å²) in [5.41, 5.74) is 10.1. The molecular weight excluding hydrogens is 450 g/mol. The molecule has 2 aliphatic rings. The molecule has 0 saturated carbocycles. The summed E-state index contributed by atoms with van der Waals surface area (Å²) in [6.45, 7) is 10.1. The van der Waals surface area contributed by atoms with Gasteiger partial charge in [0.25, 0.3) is 5.56 Å². The first-order chi connectivity index (χ1) is 17.0. The van der Waals surface area contributed by atoms with Crippen molar-refractivity contribution in [1.29, 1.82) is 0 Å². The summed E-state index contributed by atoms with van der Waals surface area (Å²) in [5.74, 6) is 1.06. The van der Waals surface area contributed by atoms with Crippen LogP contribution in [0.3, 0.4) is 0 Å². The minimum atomic E-state index is 0.179. The van der Waals surface area contributed by atoms with Crippen LogP contribution in [0.2, 0.25) is 0 Å². The van der Waals surface area contributed by atoms with Gasteiger partial charge in [-0.1, -0.05) is 77.0 Å². The summed E-state index contributed by atoms with van der Waals surface area (Å²) in [7, 11) is 0. The lowest BCUT2D eigenvalue weighted by Crippen LogP contribution is -2.35. The summed E-state index contributed by atoms with van der Waals surface area (Å²) < 4.78 is 1.89. The fourth-order valence-electron chi connectivity index (χ4n) is 5.24. The number of aromatic nitrogens is 2. The monoisotopic (exact) mass is 485 g/mol. The molecule has 0 atom stereocenters. The van der Waals surface area contributed by atoms with E-state index >= 15 is 0 Å². The summed E-state index contributed by atoms with van der Waals surface area (Å²) >= 11 is 1.71. The molecule has 5 rings (SSSR count). The molecule has 2 aliphatic heterocycles. The summed E-state index contributed by atoms with van der Waals surface area (Å²) in [6, 6.07) is 17.9. The lowest BCUT2D eigenvalue weighted by molar-refractivity contribution is 0.259. The van der Waals surface area contributed by atoms with E-state index in [1.165, 1.54) is 33.4 Å². The number of piperidine rings is 1. The average molecular weight is 486 g/mol. The highest BCUT2D eigenvalue weighted by Gasteiger charge is 2.21. The van der Waals surface area contributed by atoms with Crippen LogP contribution in [-0.4, -0.2) is 39.8 Å². The number of likely N-dealkylation sites (tertiary alicyclic amines) is 1. The fourth-order valence-corrected chi connectivity index (χ4v) is 6.23. The molecule has 0 spiro atoms. The number of fused-ring (bicyclic) bond motifs is 1. The van der Waals surface area contributed by atoms with E-state index < -0.39 is 0 Å². The van der Waals surface area contributed by atoms with Crippen LogP contribution in [0, 0.1) is 20.8 Å². The molecule has 1 saturated heterocycles. The maximum absolute atomic E-state index is 13.1. The van der Waals surface area contributed by atoms with Gasteiger partial charge in [0.1, 0.15) is 0 Å². The molecule has 0 unspecified atom stereocenters. The van der Waals surface area contributed by atoms with Crippen LogP contribution in [0.5, 0.6) is 0 Å². The van der Waals surface area contributed by atoms with Gasteiger partial charge in [0.05, 0.1) is 0 Å². The highest BCUT2D eigenvalue weighted by atomic mass is 32.2. The van der Waals surface area contributed by atoms with Crippen LogP contribution < -0.4 is 5.56 Å². The number of hydrogen-bond acceptors (Lipinski definition) is 4. The number of benzene rings is 2. The normalized spacial score (nSPS) is 16.3. The Kier molecular flexibility index (Phi) is 7.26. The lowest BCUT2D eigenvalue weighted by atomic mass is 9.88. The van der Waals surface area contributed by atoms with Crippen molar-refractivity contribution < 1.29 is 0 Å². The smallest absolute Gasteiger partial charge is 0.257 e. The number of thioether (sulfide) groups is 1. The fraction of sp³-hybridized carbons (Fsp3) is 0.400. The van der Waals surface area contributed by atoms with E-state index in [1.54, 1.807) is 11.8 Å².